The average Bonchev–Trinajstić information content (AvgIpc) is 2.53. The molecule has 0 aromatic carbocycles. The molecule has 1 aliphatic heterocycles. The summed E-state index contributed by atoms with van der Waals surface area (Å²) in [6.07, 6.45) is 1.50. The Labute approximate surface area is 157 Å². The van der Waals surface area contributed by atoms with Crippen LogP contribution in [0.4, 0.5) is 14.6 Å². The molecule has 9 heteroatoms. The number of hydrogen-bond donors (Lipinski definition) is 0. The van der Waals surface area contributed by atoms with E-state index in [1.807, 2.05) is 6.07 Å². The van der Waals surface area contributed by atoms with Crippen molar-refractivity contribution in [3.05, 3.63) is 18.3 Å². The predicted molar refractivity (Wildman–Crippen MR) is 104 cm³/mol. The molecule has 1 saturated heterocycles. The molecule has 0 bridgehead atoms. The van der Waals surface area contributed by atoms with Gasteiger partial charge in [0.2, 0.25) is 0 Å². The zero-order chi connectivity index (χ0) is 16.9. The Morgan fingerprint density at radius 1 is 1.22 bits per heavy atom. The molecule has 0 saturated carbocycles. The quantitative estimate of drug-likeness (QED) is 0.294. The summed E-state index contributed by atoms with van der Waals surface area (Å²) < 4.78 is 38.7. The zero-order valence-electron chi connectivity index (χ0n) is 13.1. The van der Waals surface area contributed by atoms with Crippen molar-refractivity contribution in [2.75, 3.05) is 54.2 Å². The molecule has 0 amide bonds. The number of hydrogen-bond acceptors (Lipinski definition) is 5. The van der Waals surface area contributed by atoms with E-state index in [9.17, 15) is 8.78 Å². The SMILES string of the molecule is CI(C)N1CCN(c2ccc(OCC(F)(F)COI)cn2)CC1. The van der Waals surface area contributed by atoms with Crippen LogP contribution in [-0.4, -0.2) is 63.3 Å². The number of halogens is 4. The summed E-state index contributed by atoms with van der Waals surface area (Å²) >= 11 is 0.555. The molecule has 2 rings (SSSR count). The summed E-state index contributed by atoms with van der Waals surface area (Å²) in [5.41, 5.74) is 0. The fourth-order valence-electron chi connectivity index (χ4n) is 2.20. The van der Waals surface area contributed by atoms with Gasteiger partial charge in [-0.05, 0) is 0 Å². The topological polar surface area (TPSA) is 37.8 Å². The van der Waals surface area contributed by atoms with E-state index in [-0.39, 0.29) is 0 Å². The van der Waals surface area contributed by atoms with Crippen LogP contribution in [0.2, 0.25) is 0 Å². The van der Waals surface area contributed by atoms with Gasteiger partial charge in [-0.3, -0.25) is 0 Å². The van der Waals surface area contributed by atoms with Gasteiger partial charge in [-0.2, -0.15) is 0 Å². The van der Waals surface area contributed by atoms with Crippen molar-refractivity contribution >= 4 is 48.9 Å². The molecule has 132 valence electrons. The first-order chi connectivity index (χ1) is 10.9. The number of anilines is 1. The van der Waals surface area contributed by atoms with Crippen molar-refractivity contribution < 1.29 is 16.6 Å². The molecule has 0 radical (unpaired) electrons. The molecule has 23 heavy (non-hydrogen) atoms. The fraction of sp³-hybridized carbons (Fsp3) is 0.643. The third kappa shape index (κ3) is 6.09. The minimum absolute atomic E-state index is 0.344. The van der Waals surface area contributed by atoms with Gasteiger partial charge in [-0.25, -0.2) is 0 Å². The van der Waals surface area contributed by atoms with E-state index in [0.717, 1.165) is 32.0 Å². The van der Waals surface area contributed by atoms with Gasteiger partial charge >= 0.3 is 132 Å². The normalized spacial score (nSPS) is 17.3. The molecule has 1 aliphatic rings. The number of pyridine rings is 1. The molecule has 0 aliphatic carbocycles. The second kappa shape index (κ2) is 8.90. The number of alkyl halides is 4. The molecular formula is C14H21F2I2N3O2. The average molecular weight is 555 g/mol. The monoisotopic (exact) mass is 555 g/mol. The second-order valence-corrected chi connectivity index (χ2v) is 11.4. The molecule has 5 nitrogen and oxygen atoms in total. The van der Waals surface area contributed by atoms with Crippen molar-refractivity contribution in [1.29, 1.82) is 0 Å². The minimum atomic E-state index is -3.00. The van der Waals surface area contributed by atoms with Crippen LogP contribution < -0.4 is 9.64 Å². The Morgan fingerprint density at radius 3 is 2.43 bits per heavy atom. The molecule has 1 aromatic heterocycles. The van der Waals surface area contributed by atoms with Gasteiger partial charge in [0, 0.05) is 0 Å². The van der Waals surface area contributed by atoms with E-state index in [1.54, 1.807) is 6.07 Å². The summed E-state index contributed by atoms with van der Waals surface area (Å²) in [7, 11) is 0. The van der Waals surface area contributed by atoms with Crippen LogP contribution in [0, 0.1) is 0 Å². The van der Waals surface area contributed by atoms with Crippen LogP contribution in [-0.2, 0) is 3.07 Å². The Bertz CT molecular complexity index is 483. The first-order valence-corrected chi connectivity index (χ1v) is 13.3. The fourth-order valence-corrected chi connectivity index (χ4v) is 5.02. The van der Waals surface area contributed by atoms with Crippen molar-refractivity contribution in [3.8, 4) is 5.75 Å². The number of piperazine rings is 1. The molecule has 0 unspecified atom stereocenters. The van der Waals surface area contributed by atoms with Gasteiger partial charge in [0.25, 0.3) is 0 Å². The molecular weight excluding hydrogens is 534 g/mol. The van der Waals surface area contributed by atoms with Crippen LogP contribution in [0.5, 0.6) is 5.75 Å². The maximum absolute atomic E-state index is 13.3. The third-order valence-electron chi connectivity index (χ3n) is 3.46. The standard InChI is InChI=1S/C14H21F2I2N3O2/c1-18(2)21-7-5-20(6-8-21)13-4-3-12(9-19-13)22-10-14(15,16)11-23-17/h3-4,9H,5-8,10-11H2,1-2H3. The summed E-state index contributed by atoms with van der Waals surface area (Å²) in [5, 5.41) is 0. The zero-order valence-corrected chi connectivity index (χ0v) is 17.5. The van der Waals surface area contributed by atoms with Gasteiger partial charge < -0.3 is 3.07 Å². The van der Waals surface area contributed by atoms with Crippen LogP contribution in [0.15, 0.2) is 18.3 Å². The summed E-state index contributed by atoms with van der Waals surface area (Å²) in [4.78, 5) is 11.3. The van der Waals surface area contributed by atoms with Gasteiger partial charge in [-0.15, -0.1) is 0 Å². The Morgan fingerprint density at radius 2 is 1.91 bits per heavy atom. The number of rotatable bonds is 7. The van der Waals surface area contributed by atoms with Crippen LogP contribution in [0.25, 0.3) is 0 Å². The molecule has 1 aromatic rings. The van der Waals surface area contributed by atoms with E-state index < -0.39 is 39.2 Å². The number of nitrogens with zero attached hydrogens (tertiary/aromatic N) is 3. The Kier molecular flexibility index (Phi) is 7.48. The first-order valence-electron chi connectivity index (χ1n) is 7.12. The van der Waals surface area contributed by atoms with E-state index in [0.29, 0.717) is 5.75 Å². The van der Waals surface area contributed by atoms with Crippen molar-refractivity contribution in [2.24, 2.45) is 0 Å². The van der Waals surface area contributed by atoms with Gasteiger partial charge in [0.15, 0.2) is 0 Å². The number of aromatic nitrogens is 1. The third-order valence-corrected chi connectivity index (χ3v) is 7.47. The van der Waals surface area contributed by atoms with Crippen LogP contribution in [0.1, 0.15) is 0 Å². The van der Waals surface area contributed by atoms with Gasteiger partial charge in [-0.1, -0.05) is 0 Å². The molecule has 2 heterocycles. The summed E-state index contributed by atoms with van der Waals surface area (Å²) in [5.74, 6) is -1.79. The molecule has 0 N–H and O–H groups in total. The van der Waals surface area contributed by atoms with Gasteiger partial charge in [0.1, 0.15) is 23.0 Å². The summed E-state index contributed by atoms with van der Waals surface area (Å²) in [6, 6.07) is 3.51. The summed E-state index contributed by atoms with van der Waals surface area (Å²) in [6.45, 7) is 2.67. The second-order valence-electron chi connectivity index (χ2n) is 5.36. The van der Waals surface area contributed by atoms with E-state index in [1.165, 1.54) is 29.2 Å². The van der Waals surface area contributed by atoms with Crippen molar-refractivity contribution in [2.45, 2.75) is 5.92 Å². The molecule has 1 fully saturated rings. The predicted octanol–water partition coefficient (Wildman–Crippen LogP) is 3.27. The van der Waals surface area contributed by atoms with E-state index in [4.69, 9.17) is 4.74 Å². The first kappa shape index (κ1) is 19.3. The van der Waals surface area contributed by atoms with Crippen LogP contribution >= 0.6 is 43.1 Å². The number of ether oxygens (including phenoxy) is 1. The van der Waals surface area contributed by atoms with E-state index >= 15 is 0 Å². The van der Waals surface area contributed by atoms with Crippen molar-refractivity contribution in [1.82, 2.24) is 8.10 Å². The molecule has 0 atom stereocenters. The molecule has 0 spiro atoms. The van der Waals surface area contributed by atoms with Gasteiger partial charge in [0.05, 0.1) is 0 Å². The maximum atomic E-state index is 13.3. The Balaban J connectivity index is 1.85. The van der Waals surface area contributed by atoms with Crippen LogP contribution in [0.3, 0.4) is 0 Å². The Hall–Kier alpha value is -0.0100. The van der Waals surface area contributed by atoms with E-state index in [2.05, 4.69) is 25.9 Å². The van der Waals surface area contributed by atoms with Crippen molar-refractivity contribution in [3.63, 3.8) is 0 Å².